The van der Waals surface area contributed by atoms with Crippen LogP contribution in [0.3, 0.4) is 0 Å². The average Bonchev–Trinajstić information content (AvgIpc) is 2.88. The summed E-state index contributed by atoms with van der Waals surface area (Å²) in [4.78, 5) is 16.8. The van der Waals surface area contributed by atoms with Crippen molar-refractivity contribution in [1.29, 1.82) is 0 Å². The van der Waals surface area contributed by atoms with E-state index in [-0.39, 0.29) is 11.6 Å². The second-order valence-corrected chi connectivity index (χ2v) is 12.7. The molecule has 0 spiro atoms. The summed E-state index contributed by atoms with van der Waals surface area (Å²) in [6.45, 7) is 15.6. The van der Waals surface area contributed by atoms with Gasteiger partial charge < -0.3 is 14.2 Å². The predicted molar refractivity (Wildman–Crippen MR) is 154 cm³/mol. The lowest BCUT2D eigenvalue weighted by Crippen LogP contribution is -2.37. The molecule has 0 radical (unpaired) electrons. The first-order valence-electron chi connectivity index (χ1n) is 14.5. The summed E-state index contributed by atoms with van der Waals surface area (Å²) in [6, 6.07) is 4.38. The molecule has 4 rings (SSSR count). The number of fused-ring (bicyclic) bond motifs is 2. The fourth-order valence-electron chi connectivity index (χ4n) is 5.79. The molecule has 2 atom stereocenters. The van der Waals surface area contributed by atoms with Crippen molar-refractivity contribution < 1.29 is 19.0 Å². The molecule has 3 aliphatic rings. The van der Waals surface area contributed by atoms with Crippen molar-refractivity contribution in [3.8, 4) is 11.5 Å². The number of esters is 1. The van der Waals surface area contributed by atoms with Gasteiger partial charge in [0.2, 0.25) is 0 Å². The highest BCUT2D eigenvalue weighted by molar-refractivity contribution is 8.03. The molecule has 206 valence electrons. The Morgan fingerprint density at radius 1 is 1.16 bits per heavy atom. The maximum atomic E-state index is 13.1. The second kappa shape index (κ2) is 13.0. The highest BCUT2D eigenvalue weighted by Crippen LogP contribution is 2.53. The van der Waals surface area contributed by atoms with Crippen LogP contribution in [0.5, 0.6) is 11.5 Å². The maximum Gasteiger partial charge on any atom is 0.311 e. The summed E-state index contributed by atoms with van der Waals surface area (Å²) in [5.74, 6) is 3.46. The van der Waals surface area contributed by atoms with E-state index in [1.165, 1.54) is 41.7 Å². The van der Waals surface area contributed by atoms with Crippen molar-refractivity contribution in [3.05, 3.63) is 28.2 Å². The van der Waals surface area contributed by atoms with Crippen LogP contribution in [-0.4, -0.2) is 55.1 Å². The zero-order valence-corrected chi connectivity index (χ0v) is 24.5. The highest BCUT2D eigenvalue weighted by atomic mass is 32.2. The van der Waals surface area contributed by atoms with Gasteiger partial charge in [0.05, 0.1) is 18.8 Å². The quantitative estimate of drug-likeness (QED) is 0.169. The second-order valence-electron chi connectivity index (χ2n) is 11.6. The van der Waals surface area contributed by atoms with E-state index >= 15 is 0 Å². The Hall–Kier alpha value is -1.50. The summed E-state index contributed by atoms with van der Waals surface area (Å²) in [6.07, 6.45) is 8.36. The number of benzene rings is 1. The van der Waals surface area contributed by atoms with E-state index in [0.29, 0.717) is 24.0 Å². The van der Waals surface area contributed by atoms with Gasteiger partial charge in [-0.15, -0.1) is 11.8 Å². The lowest BCUT2D eigenvalue weighted by atomic mass is 9.83. The van der Waals surface area contributed by atoms with E-state index in [4.69, 9.17) is 14.2 Å². The number of nitrogens with zero attached hydrogens (tertiary/aromatic N) is 1. The monoisotopic (exact) mass is 529 g/mol. The molecule has 0 aliphatic carbocycles. The molecular weight excluding hydrogens is 482 g/mol. The third-order valence-electron chi connectivity index (χ3n) is 8.22. The Kier molecular flexibility index (Phi) is 10.0. The number of morpholine rings is 1. The minimum atomic E-state index is -0.360. The normalized spacial score (nSPS) is 21.0. The minimum absolute atomic E-state index is 0.147. The molecule has 5 nitrogen and oxygen atoms in total. The summed E-state index contributed by atoms with van der Waals surface area (Å²) in [5, 5.41) is 0. The van der Waals surface area contributed by atoms with Gasteiger partial charge in [0, 0.05) is 24.4 Å². The van der Waals surface area contributed by atoms with Crippen molar-refractivity contribution in [1.82, 2.24) is 4.90 Å². The minimum Gasteiger partial charge on any atom is -0.482 e. The average molecular weight is 530 g/mol. The van der Waals surface area contributed by atoms with Gasteiger partial charge in [-0.3, -0.25) is 9.69 Å². The largest absolute Gasteiger partial charge is 0.482 e. The molecule has 0 saturated carbocycles. The summed E-state index contributed by atoms with van der Waals surface area (Å²) in [5.41, 5.74) is 3.18. The number of rotatable bonds is 11. The smallest absolute Gasteiger partial charge is 0.311 e. The van der Waals surface area contributed by atoms with Crippen molar-refractivity contribution in [2.24, 2.45) is 5.92 Å². The summed E-state index contributed by atoms with van der Waals surface area (Å²) >= 11 is 1.90. The lowest BCUT2D eigenvalue weighted by Gasteiger charge is -2.39. The van der Waals surface area contributed by atoms with Gasteiger partial charge in [-0.2, -0.15) is 0 Å². The highest BCUT2D eigenvalue weighted by Gasteiger charge is 2.39. The molecule has 2 unspecified atom stereocenters. The first-order valence-corrected chi connectivity index (χ1v) is 15.5. The molecular formula is C31H47NO4S. The molecule has 1 fully saturated rings. The Bertz CT molecular complexity index is 966. The zero-order valence-electron chi connectivity index (χ0n) is 23.7. The Labute approximate surface area is 228 Å². The molecule has 0 aromatic heterocycles. The van der Waals surface area contributed by atoms with Crippen LogP contribution in [0.15, 0.2) is 17.0 Å². The van der Waals surface area contributed by atoms with E-state index in [9.17, 15) is 4.79 Å². The van der Waals surface area contributed by atoms with Crippen molar-refractivity contribution in [2.75, 3.05) is 38.6 Å². The molecule has 6 heteroatoms. The van der Waals surface area contributed by atoms with Crippen LogP contribution in [0.4, 0.5) is 0 Å². The third kappa shape index (κ3) is 7.13. The molecule has 1 aromatic rings. The van der Waals surface area contributed by atoms with Crippen LogP contribution in [0.25, 0.3) is 5.57 Å². The van der Waals surface area contributed by atoms with Crippen molar-refractivity contribution in [2.45, 2.75) is 97.5 Å². The van der Waals surface area contributed by atoms with Crippen LogP contribution < -0.4 is 9.47 Å². The topological polar surface area (TPSA) is 48.0 Å². The third-order valence-corrected chi connectivity index (χ3v) is 9.74. The molecule has 37 heavy (non-hydrogen) atoms. The van der Waals surface area contributed by atoms with Gasteiger partial charge in [-0.1, -0.05) is 46.5 Å². The van der Waals surface area contributed by atoms with Gasteiger partial charge in [-0.25, -0.2) is 0 Å². The van der Waals surface area contributed by atoms with Gasteiger partial charge in [-0.05, 0) is 80.5 Å². The van der Waals surface area contributed by atoms with E-state index < -0.39 is 0 Å². The molecule has 0 bridgehead atoms. The maximum absolute atomic E-state index is 13.1. The molecule has 1 aromatic carbocycles. The summed E-state index contributed by atoms with van der Waals surface area (Å²) in [7, 11) is 0. The van der Waals surface area contributed by atoms with Crippen LogP contribution in [0.1, 0.15) is 103 Å². The van der Waals surface area contributed by atoms with Gasteiger partial charge in [0.15, 0.2) is 0 Å². The number of hydrogen-bond acceptors (Lipinski definition) is 6. The molecule has 1 saturated heterocycles. The van der Waals surface area contributed by atoms with Gasteiger partial charge in [0.25, 0.3) is 0 Å². The van der Waals surface area contributed by atoms with Crippen molar-refractivity contribution in [3.63, 3.8) is 0 Å². The van der Waals surface area contributed by atoms with Gasteiger partial charge >= 0.3 is 5.97 Å². The lowest BCUT2D eigenvalue weighted by molar-refractivity contribution is -0.134. The Morgan fingerprint density at radius 2 is 1.95 bits per heavy atom. The Balaban J connectivity index is 1.58. The Morgan fingerprint density at radius 3 is 2.70 bits per heavy atom. The molecule has 0 amide bonds. The van der Waals surface area contributed by atoms with Crippen molar-refractivity contribution >= 4 is 23.3 Å². The predicted octanol–water partition coefficient (Wildman–Crippen LogP) is 7.43. The van der Waals surface area contributed by atoms with Crippen LogP contribution >= 0.6 is 11.8 Å². The number of ether oxygens (including phenoxy) is 3. The standard InChI is InChI=1S/C31H47NO4S/c1-6-7-8-11-22(2)23(3)24-20-26(35-28(33)13-9-14-32-15-17-34-18-16-32)29-25-12-10-19-37-30(25)31(4,5)36-27(29)21-24/h20-23H,6-19H2,1-5H3. The van der Waals surface area contributed by atoms with E-state index in [1.807, 2.05) is 11.8 Å². The number of thioether (sulfide) groups is 1. The molecule has 0 N–H and O–H groups in total. The van der Waals surface area contributed by atoms with E-state index in [1.54, 1.807) is 0 Å². The van der Waals surface area contributed by atoms with Gasteiger partial charge in [0.1, 0.15) is 17.1 Å². The molecule has 3 aliphatic heterocycles. The first kappa shape index (κ1) is 28.5. The first-order chi connectivity index (χ1) is 17.8. The number of carbonyl (C=O) groups is 1. The number of hydrogen-bond donors (Lipinski definition) is 0. The SMILES string of the molecule is CCCCCC(C)C(C)c1cc(OC(=O)CCCN2CCOCC2)c2c(c1)OC(C)(C)C1=C2CCCS1. The summed E-state index contributed by atoms with van der Waals surface area (Å²) < 4.78 is 18.3. The van der Waals surface area contributed by atoms with Crippen LogP contribution in [-0.2, 0) is 9.53 Å². The van der Waals surface area contributed by atoms with E-state index in [2.05, 4.69) is 51.7 Å². The fraction of sp³-hybridized carbons (Fsp3) is 0.710. The number of unbranched alkanes of at least 4 members (excludes halogenated alkanes) is 2. The molecule has 3 heterocycles. The number of carbonyl (C=O) groups excluding carboxylic acids is 1. The van der Waals surface area contributed by atoms with Crippen LogP contribution in [0.2, 0.25) is 0 Å². The van der Waals surface area contributed by atoms with E-state index in [0.717, 1.165) is 69.2 Å². The zero-order chi connectivity index (χ0) is 26.4. The fourth-order valence-corrected chi connectivity index (χ4v) is 7.05. The van der Waals surface area contributed by atoms with Crippen LogP contribution in [0, 0.1) is 5.92 Å². The number of allylic oxidation sites excluding steroid dienone is 1.